The lowest BCUT2D eigenvalue weighted by Gasteiger charge is -2.20. The van der Waals surface area contributed by atoms with E-state index in [2.05, 4.69) is 54.9 Å². The Morgan fingerprint density at radius 2 is 1.86 bits per heavy atom. The Balaban J connectivity index is 2.04. The molecule has 0 amide bonds. The standard InChI is InChI=1S/C17H25N3S/c1-17(2,3)15-11-19-16(21-15)13-20(10-9-18)12-14-7-5-4-6-8-14/h4-8,11H,9-10,12-13,18H2,1-3H3. The lowest BCUT2D eigenvalue weighted by molar-refractivity contribution is 0.264. The molecule has 0 bridgehead atoms. The fourth-order valence-electron chi connectivity index (χ4n) is 2.16. The molecule has 0 aliphatic rings. The molecule has 2 rings (SSSR count). The number of nitrogens with zero attached hydrogens (tertiary/aromatic N) is 2. The van der Waals surface area contributed by atoms with Gasteiger partial charge in [-0.15, -0.1) is 11.3 Å². The van der Waals surface area contributed by atoms with E-state index < -0.39 is 0 Å². The summed E-state index contributed by atoms with van der Waals surface area (Å²) in [5.41, 5.74) is 7.25. The Morgan fingerprint density at radius 1 is 1.14 bits per heavy atom. The van der Waals surface area contributed by atoms with E-state index in [1.165, 1.54) is 15.4 Å². The number of hydrogen-bond acceptors (Lipinski definition) is 4. The average Bonchev–Trinajstić information content (AvgIpc) is 2.89. The van der Waals surface area contributed by atoms with E-state index in [1.54, 1.807) is 0 Å². The van der Waals surface area contributed by atoms with Crippen molar-refractivity contribution >= 4 is 11.3 Å². The molecule has 1 heterocycles. The van der Waals surface area contributed by atoms with Gasteiger partial charge in [0.2, 0.25) is 0 Å². The van der Waals surface area contributed by atoms with Crippen LogP contribution in [0.25, 0.3) is 0 Å². The number of hydrogen-bond donors (Lipinski definition) is 1. The van der Waals surface area contributed by atoms with Crippen molar-refractivity contribution < 1.29 is 0 Å². The highest BCUT2D eigenvalue weighted by Gasteiger charge is 2.18. The van der Waals surface area contributed by atoms with Crippen LogP contribution in [0, 0.1) is 0 Å². The average molecular weight is 303 g/mol. The molecule has 0 fully saturated rings. The van der Waals surface area contributed by atoms with Crippen LogP contribution in [0.4, 0.5) is 0 Å². The van der Waals surface area contributed by atoms with Gasteiger partial charge in [0.25, 0.3) is 0 Å². The van der Waals surface area contributed by atoms with Crippen molar-refractivity contribution in [2.75, 3.05) is 13.1 Å². The molecule has 1 aromatic carbocycles. The molecule has 0 radical (unpaired) electrons. The fraction of sp³-hybridized carbons (Fsp3) is 0.471. The van der Waals surface area contributed by atoms with Gasteiger partial charge in [0.15, 0.2) is 0 Å². The SMILES string of the molecule is CC(C)(C)c1cnc(CN(CCN)Cc2ccccc2)s1. The highest BCUT2D eigenvalue weighted by atomic mass is 32.1. The molecule has 1 aromatic heterocycles. The van der Waals surface area contributed by atoms with E-state index >= 15 is 0 Å². The molecule has 0 unspecified atom stereocenters. The van der Waals surface area contributed by atoms with E-state index in [9.17, 15) is 0 Å². The first kappa shape index (κ1) is 16.1. The predicted molar refractivity (Wildman–Crippen MR) is 90.4 cm³/mol. The van der Waals surface area contributed by atoms with Crippen molar-refractivity contribution in [1.29, 1.82) is 0 Å². The number of rotatable bonds is 6. The summed E-state index contributed by atoms with van der Waals surface area (Å²) in [5.74, 6) is 0. The number of benzene rings is 1. The van der Waals surface area contributed by atoms with Crippen LogP contribution >= 0.6 is 11.3 Å². The summed E-state index contributed by atoms with van der Waals surface area (Å²) < 4.78 is 0. The van der Waals surface area contributed by atoms with Crippen molar-refractivity contribution in [3.63, 3.8) is 0 Å². The van der Waals surface area contributed by atoms with Crippen molar-refractivity contribution in [1.82, 2.24) is 9.88 Å². The van der Waals surface area contributed by atoms with Gasteiger partial charge in [0.1, 0.15) is 5.01 Å². The minimum Gasteiger partial charge on any atom is -0.329 e. The zero-order valence-corrected chi connectivity index (χ0v) is 14.0. The van der Waals surface area contributed by atoms with Crippen molar-refractivity contribution in [3.8, 4) is 0 Å². The van der Waals surface area contributed by atoms with Gasteiger partial charge in [-0.05, 0) is 11.0 Å². The Morgan fingerprint density at radius 3 is 2.43 bits per heavy atom. The van der Waals surface area contributed by atoms with Gasteiger partial charge >= 0.3 is 0 Å². The Bertz CT molecular complexity index is 543. The second kappa shape index (κ2) is 7.16. The summed E-state index contributed by atoms with van der Waals surface area (Å²) in [7, 11) is 0. The van der Waals surface area contributed by atoms with Crippen LogP contribution in [0.2, 0.25) is 0 Å². The molecule has 21 heavy (non-hydrogen) atoms. The van der Waals surface area contributed by atoms with Crippen LogP contribution in [0.1, 0.15) is 36.2 Å². The minimum atomic E-state index is 0.175. The number of aromatic nitrogens is 1. The molecular formula is C17H25N3S. The maximum atomic E-state index is 5.75. The van der Waals surface area contributed by atoms with Crippen LogP contribution in [0.5, 0.6) is 0 Å². The van der Waals surface area contributed by atoms with Crippen molar-refractivity contribution in [3.05, 3.63) is 52.0 Å². The zero-order valence-electron chi connectivity index (χ0n) is 13.2. The summed E-state index contributed by atoms with van der Waals surface area (Å²) >= 11 is 1.81. The maximum absolute atomic E-state index is 5.75. The third-order valence-electron chi connectivity index (χ3n) is 3.35. The molecule has 0 atom stereocenters. The fourth-order valence-corrected chi connectivity index (χ4v) is 3.18. The van der Waals surface area contributed by atoms with E-state index in [-0.39, 0.29) is 5.41 Å². The normalized spacial score (nSPS) is 12.0. The Hall–Kier alpha value is -1.23. The maximum Gasteiger partial charge on any atom is 0.107 e. The van der Waals surface area contributed by atoms with E-state index in [4.69, 9.17) is 5.73 Å². The number of thiazole rings is 1. The van der Waals surface area contributed by atoms with Crippen LogP contribution in [0.15, 0.2) is 36.5 Å². The smallest absolute Gasteiger partial charge is 0.107 e. The first-order chi connectivity index (χ1) is 9.99. The Kier molecular flexibility index (Phi) is 5.51. The molecule has 4 heteroatoms. The van der Waals surface area contributed by atoms with Crippen molar-refractivity contribution in [2.45, 2.75) is 39.3 Å². The summed E-state index contributed by atoms with van der Waals surface area (Å²) in [4.78, 5) is 8.28. The minimum absolute atomic E-state index is 0.175. The van der Waals surface area contributed by atoms with Gasteiger partial charge in [-0.1, -0.05) is 51.1 Å². The monoisotopic (exact) mass is 303 g/mol. The molecule has 0 saturated carbocycles. The second-order valence-electron chi connectivity index (χ2n) is 6.35. The quantitative estimate of drug-likeness (QED) is 0.889. The highest BCUT2D eigenvalue weighted by molar-refractivity contribution is 7.11. The lowest BCUT2D eigenvalue weighted by Crippen LogP contribution is -2.28. The van der Waals surface area contributed by atoms with Gasteiger partial charge in [-0.3, -0.25) is 4.90 Å². The third-order valence-corrected chi connectivity index (χ3v) is 4.75. The lowest BCUT2D eigenvalue weighted by atomic mass is 9.96. The topological polar surface area (TPSA) is 42.2 Å². The molecule has 0 aliphatic heterocycles. The third kappa shape index (κ3) is 4.92. The molecule has 2 aromatic rings. The van der Waals surface area contributed by atoms with Gasteiger partial charge in [0, 0.05) is 30.7 Å². The van der Waals surface area contributed by atoms with Crippen molar-refractivity contribution in [2.24, 2.45) is 5.73 Å². The summed E-state index contributed by atoms with van der Waals surface area (Å²) in [6, 6.07) is 10.5. The summed E-state index contributed by atoms with van der Waals surface area (Å²) in [6.07, 6.45) is 2.02. The number of nitrogens with two attached hydrogens (primary N) is 1. The molecule has 3 nitrogen and oxygen atoms in total. The molecule has 0 aliphatic carbocycles. The highest BCUT2D eigenvalue weighted by Crippen LogP contribution is 2.28. The summed E-state index contributed by atoms with van der Waals surface area (Å²) in [6.45, 7) is 10.0. The van der Waals surface area contributed by atoms with E-state index in [1.807, 2.05) is 23.6 Å². The van der Waals surface area contributed by atoms with Gasteiger partial charge in [0.05, 0.1) is 6.54 Å². The molecular weight excluding hydrogens is 278 g/mol. The Labute approximate surface area is 131 Å². The van der Waals surface area contributed by atoms with Gasteiger partial charge < -0.3 is 5.73 Å². The van der Waals surface area contributed by atoms with Crippen LogP contribution < -0.4 is 5.73 Å². The largest absolute Gasteiger partial charge is 0.329 e. The van der Waals surface area contributed by atoms with Gasteiger partial charge in [-0.2, -0.15) is 0 Å². The van der Waals surface area contributed by atoms with Gasteiger partial charge in [-0.25, -0.2) is 4.98 Å². The first-order valence-electron chi connectivity index (χ1n) is 7.40. The second-order valence-corrected chi connectivity index (χ2v) is 7.47. The van der Waals surface area contributed by atoms with E-state index in [0.29, 0.717) is 6.54 Å². The predicted octanol–water partition coefficient (Wildman–Crippen LogP) is 3.40. The first-order valence-corrected chi connectivity index (χ1v) is 8.22. The van der Waals surface area contributed by atoms with Crippen LogP contribution in [-0.4, -0.2) is 23.0 Å². The molecule has 0 spiro atoms. The molecule has 0 saturated heterocycles. The van der Waals surface area contributed by atoms with E-state index in [0.717, 1.165) is 19.6 Å². The van der Waals surface area contributed by atoms with Crippen LogP contribution in [-0.2, 0) is 18.5 Å². The molecule has 114 valence electrons. The summed E-state index contributed by atoms with van der Waals surface area (Å²) in [5, 5.41) is 1.17. The molecule has 2 N–H and O–H groups in total. The van der Waals surface area contributed by atoms with Crippen LogP contribution in [0.3, 0.4) is 0 Å². The zero-order chi connectivity index (χ0) is 15.3.